The van der Waals surface area contributed by atoms with Crippen LogP contribution >= 0.6 is 22.7 Å². The van der Waals surface area contributed by atoms with Gasteiger partial charge in [0.2, 0.25) is 0 Å². The zero-order chi connectivity index (χ0) is 12.5. The number of fused-ring (bicyclic) bond motifs is 1. The monoisotopic (exact) mass is 273 g/mol. The van der Waals surface area contributed by atoms with Gasteiger partial charge in [-0.1, -0.05) is 18.2 Å². The molecule has 0 bridgehead atoms. The summed E-state index contributed by atoms with van der Waals surface area (Å²) < 4.78 is 1.28. The molecule has 90 valence electrons. The van der Waals surface area contributed by atoms with Crippen LogP contribution in [0.25, 0.3) is 20.0 Å². The van der Waals surface area contributed by atoms with Crippen LogP contribution in [-0.4, -0.2) is 11.3 Å². The van der Waals surface area contributed by atoms with Crippen LogP contribution in [0.5, 0.6) is 0 Å². The van der Waals surface area contributed by atoms with Gasteiger partial charge in [0.1, 0.15) is 11.3 Å². The predicted octanol–water partition coefficient (Wildman–Crippen LogP) is 4.07. The third-order valence-corrected chi connectivity index (χ3v) is 5.26. The molecule has 0 atom stereocenters. The Morgan fingerprint density at radius 3 is 2.89 bits per heavy atom. The summed E-state index contributed by atoms with van der Waals surface area (Å²) >= 11 is 3.37. The first kappa shape index (κ1) is 11.6. The number of thiazole rings is 1. The van der Waals surface area contributed by atoms with E-state index in [-0.39, 0.29) is 0 Å². The molecule has 0 radical (unpaired) electrons. The summed E-state index contributed by atoms with van der Waals surface area (Å²) in [6, 6.07) is 10.5. The lowest BCUT2D eigenvalue weighted by molar-refractivity contribution is -0.107. The number of hydrogen-bond acceptors (Lipinski definition) is 4. The smallest absolute Gasteiger partial charge is 0.133 e. The minimum absolute atomic E-state index is 0.467. The van der Waals surface area contributed by atoms with Gasteiger partial charge >= 0.3 is 0 Å². The zero-order valence-electron chi connectivity index (χ0n) is 9.84. The maximum Gasteiger partial charge on any atom is 0.133 e. The molecule has 0 saturated carbocycles. The number of thiophene rings is 1. The largest absolute Gasteiger partial charge is 0.303 e. The fraction of sp³-hybridized carbons (Fsp3) is 0.143. The Balaban J connectivity index is 2.08. The first-order valence-electron chi connectivity index (χ1n) is 5.67. The molecular formula is C14H11NOS2. The lowest BCUT2D eigenvalue weighted by atomic mass is 10.2. The van der Waals surface area contributed by atoms with Gasteiger partial charge in [-0.15, -0.1) is 22.7 Å². The van der Waals surface area contributed by atoms with Crippen LogP contribution in [0.4, 0.5) is 0 Å². The molecule has 18 heavy (non-hydrogen) atoms. The van der Waals surface area contributed by atoms with Gasteiger partial charge in [0.15, 0.2) is 0 Å². The summed E-state index contributed by atoms with van der Waals surface area (Å²) in [5.74, 6) is 0. The standard InChI is InChI=1S/C14H11NOS2/c1-9-11(6-7-16)18-14(15-9)13-8-10-4-2-3-5-12(10)17-13/h2-5,7-8H,6H2,1H3. The zero-order valence-corrected chi connectivity index (χ0v) is 11.5. The van der Waals surface area contributed by atoms with E-state index >= 15 is 0 Å². The van der Waals surface area contributed by atoms with Gasteiger partial charge in [-0.2, -0.15) is 0 Å². The number of benzene rings is 1. The van der Waals surface area contributed by atoms with Crippen LogP contribution < -0.4 is 0 Å². The number of aldehydes is 1. The summed E-state index contributed by atoms with van der Waals surface area (Å²) in [5, 5.41) is 2.27. The molecule has 2 aromatic heterocycles. The van der Waals surface area contributed by atoms with E-state index in [4.69, 9.17) is 0 Å². The summed E-state index contributed by atoms with van der Waals surface area (Å²) in [4.78, 5) is 17.4. The Morgan fingerprint density at radius 2 is 2.11 bits per heavy atom. The molecule has 0 saturated heterocycles. The van der Waals surface area contributed by atoms with Crippen LogP contribution in [0, 0.1) is 6.92 Å². The fourth-order valence-corrected chi connectivity index (χ4v) is 4.00. The number of carbonyl (C=O) groups is 1. The van der Waals surface area contributed by atoms with Crippen LogP contribution in [0.2, 0.25) is 0 Å². The Kier molecular flexibility index (Phi) is 2.97. The van der Waals surface area contributed by atoms with Crippen molar-refractivity contribution in [2.45, 2.75) is 13.3 Å². The van der Waals surface area contributed by atoms with Crippen LogP contribution in [0.3, 0.4) is 0 Å². The lowest BCUT2D eigenvalue weighted by Gasteiger charge is -1.85. The van der Waals surface area contributed by atoms with Crippen molar-refractivity contribution in [2.75, 3.05) is 0 Å². The SMILES string of the molecule is Cc1nc(-c2cc3ccccc3s2)sc1CC=O. The van der Waals surface area contributed by atoms with Crippen molar-refractivity contribution in [3.8, 4) is 9.88 Å². The summed E-state index contributed by atoms with van der Waals surface area (Å²) in [7, 11) is 0. The van der Waals surface area contributed by atoms with Crippen LogP contribution in [0.1, 0.15) is 10.6 Å². The highest BCUT2D eigenvalue weighted by Gasteiger charge is 2.11. The quantitative estimate of drug-likeness (QED) is 0.673. The third kappa shape index (κ3) is 1.98. The average Bonchev–Trinajstić information content (AvgIpc) is 2.94. The second kappa shape index (κ2) is 4.63. The second-order valence-electron chi connectivity index (χ2n) is 4.05. The van der Waals surface area contributed by atoms with Crippen molar-refractivity contribution in [1.29, 1.82) is 0 Å². The second-order valence-corrected chi connectivity index (χ2v) is 6.21. The van der Waals surface area contributed by atoms with E-state index < -0.39 is 0 Å². The highest BCUT2D eigenvalue weighted by atomic mass is 32.1. The summed E-state index contributed by atoms with van der Waals surface area (Å²) in [6.45, 7) is 1.96. The molecule has 0 fully saturated rings. The molecule has 1 aromatic carbocycles. The Labute approximate surface area is 113 Å². The normalized spacial score (nSPS) is 10.9. The minimum Gasteiger partial charge on any atom is -0.303 e. The first-order valence-corrected chi connectivity index (χ1v) is 7.30. The predicted molar refractivity (Wildman–Crippen MR) is 77.4 cm³/mol. The molecule has 2 nitrogen and oxygen atoms in total. The molecular weight excluding hydrogens is 262 g/mol. The van der Waals surface area contributed by atoms with Gasteiger partial charge in [0.25, 0.3) is 0 Å². The van der Waals surface area contributed by atoms with Gasteiger partial charge in [-0.25, -0.2) is 4.98 Å². The molecule has 0 spiro atoms. The summed E-state index contributed by atoms with van der Waals surface area (Å²) in [5.41, 5.74) is 0.972. The molecule has 0 aliphatic carbocycles. The van der Waals surface area contributed by atoms with E-state index in [9.17, 15) is 4.79 Å². The first-order chi connectivity index (χ1) is 8.78. The topological polar surface area (TPSA) is 30.0 Å². The van der Waals surface area contributed by atoms with Crippen molar-refractivity contribution < 1.29 is 4.79 Å². The van der Waals surface area contributed by atoms with Crippen LogP contribution in [0.15, 0.2) is 30.3 Å². The molecule has 0 unspecified atom stereocenters. The van der Waals surface area contributed by atoms with E-state index in [1.807, 2.05) is 19.1 Å². The van der Waals surface area contributed by atoms with E-state index in [1.165, 1.54) is 15.0 Å². The number of rotatable bonds is 3. The Morgan fingerprint density at radius 1 is 1.28 bits per heavy atom. The number of carbonyl (C=O) groups excluding carboxylic acids is 1. The average molecular weight is 273 g/mol. The van der Waals surface area contributed by atoms with Crippen molar-refractivity contribution >= 4 is 39.0 Å². The number of aromatic nitrogens is 1. The van der Waals surface area contributed by atoms with E-state index in [0.29, 0.717) is 6.42 Å². The van der Waals surface area contributed by atoms with Gasteiger partial charge in [0, 0.05) is 16.0 Å². The van der Waals surface area contributed by atoms with Gasteiger partial charge in [0.05, 0.1) is 10.6 Å². The van der Waals surface area contributed by atoms with Crippen molar-refractivity contribution in [2.24, 2.45) is 0 Å². The molecule has 0 N–H and O–H groups in total. The molecule has 4 heteroatoms. The molecule has 0 amide bonds. The number of hydrogen-bond donors (Lipinski definition) is 0. The molecule has 3 aromatic rings. The fourth-order valence-electron chi connectivity index (χ4n) is 1.89. The maximum atomic E-state index is 10.6. The van der Waals surface area contributed by atoms with E-state index in [0.717, 1.165) is 21.9 Å². The molecule has 0 aliphatic heterocycles. The Bertz CT molecular complexity index is 678. The van der Waals surface area contributed by atoms with Crippen molar-refractivity contribution in [3.05, 3.63) is 40.9 Å². The van der Waals surface area contributed by atoms with Gasteiger partial charge in [-0.05, 0) is 24.4 Å². The third-order valence-electron chi connectivity index (χ3n) is 2.80. The van der Waals surface area contributed by atoms with E-state index in [2.05, 4.69) is 23.2 Å². The molecule has 3 rings (SSSR count). The minimum atomic E-state index is 0.467. The highest BCUT2D eigenvalue weighted by molar-refractivity contribution is 7.25. The van der Waals surface area contributed by atoms with Gasteiger partial charge < -0.3 is 4.79 Å². The lowest BCUT2D eigenvalue weighted by Crippen LogP contribution is -1.83. The molecule has 0 aliphatic rings. The van der Waals surface area contributed by atoms with E-state index in [1.54, 1.807) is 22.7 Å². The Hall–Kier alpha value is -1.52. The van der Waals surface area contributed by atoms with Gasteiger partial charge in [-0.3, -0.25) is 0 Å². The highest BCUT2D eigenvalue weighted by Crippen LogP contribution is 2.36. The number of nitrogens with zero attached hydrogens (tertiary/aromatic N) is 1. The van der Waals surface area contributed by atoms with Crippen molar-refractivity contribution in [3.63, 3.8) is 0 Å². The maximum absolute atomic E-state index is 10.6. The summed E-state index contributed by atoms with van der Waals surface area (Å²) in [6.07, 6.45) is 1.41. The van der Waals surface area contributed by atoms with Crippen LogP contribution in [-0.2, 0) is 11.2 Å². The molecule has 2 heterocycles. The number of aryl methyl sites for hydroxylation is 1. The van der Waals surface area contributed by atoms with Crippen molar-refractivity contribution in [1.82, 2.24) is 4.98 Å².